The van der Waals surface area contributed by atoms with Crippen molar-refractivity contribution in [3.63, 3.8) is 0 Å². The number of morpholine rings is 1. The van der Waals surface area contributed by atoms with Crippen LogP contribution < -0.4 is 5.56 Å². The van der Waals surface area contributed by atoms with Crippen molar-refractivity contribution in [2.24, 2.45) is 7.05 Å². The molecule has 0 unspecified atom stereocenters. The van der Waals surface area contributed by atoms with Crippen LogP contribution in [0.1, 0.15) is 22.6 Å². The minimum Gasteiger partial charge on any atom is -0.457 e. The molecular weight excluding hydrogens is 474 g/mol. The zero-order chi connectivity index (χ0) is 25.0. The van der Waals surface area contributed by atoms with Crippen molar-refractivity contribution in [2.75, 3.05) is 32.9 Å². The van der Waals surface area contributed by atoms with Crippen LogP contribution in [0.3, 0.4) is 0 Å². The van der Waals surface area contributed by atoms with E-state index in [9.17, 15) is 22.8 Å². The number of fused-ring (bicyclic) bond motifs is 1. The third kappa shape index (κ3) is 5.47. The highest BCUT2D eigenvalue weighted by Crippen LogP contribution is 2.18. The van der Waals surface area contributed by atoms with Gasteiger partial charge in [0, 0.05) is 32.1 Å². The lowest BCUT2D eigenvalue weighted by Gasteiger charge is -2.26. The summed E-state index contributed by atoms with van der Waals surface area (Å²) in [6, 6.07) is 12.5. The minimum atomic E-state index is -3.66. The van der Waals surface area contributed by atoms with Crippen LogP contribution in [-0.2, 0) is 37.8 Å². The monoisotopic (exact) mass is 499 g/mol. The first-order valence-electron chi connectivity index (χ1n) is 11.1. The summed E-state index contributed by atoms with van der Waals surface area (Å²) in [6.45, 7) is 0.769. The van der Waals surface area contributed by atoms with Crippen LogP contribution in [0.15, 0.2) is 58.2 Å². The number of ether oxygens (including phenoxy) is 2. The van der Waals surface area contributed by atoms with Crippen molar-refractivity contribution in [2.45, 2.75) is 17.7 Å². The van der Waals surface area contributed by atoms with Crippen molar-refractivity contribution in [1.82, 2.24) is 13.9 Å². The molecule has 1 aliphatic rings. The van der Waals surface area contributed by atoms with Crippen molar-refractivity contribution in [1.29, 1.82) is 0 Å². The molecule has 35 heavy (non-hydrogen) atoms. The average Bonchev–Trinajstić information content (AvgIpc) is 2.89. The molecule has 1 saturated heterocycles. The fourth-order valence-electron chi connectivity index (χ4n) is 3.75. The van der Waals surface area contributed by atoms with E-state index in [1.807, 2.05) is 0 Å². The zero-order valence-corrected chi connectivity index (χ0v) is 20.0. The van der Waals surface area contributed by atoms with E-state index >= 15 is 0 Å². The number of sulfonamides is 1. The molecule has 0 aliphatic carbocycles. The lowest BCUT2D eigenvalue weighted by molar-refractivity contribution is -0.142. The van der Waals surface area contributed by atoms with Crippen LogP contribution in [-0.4, -0.2) is 66.9 Å². The van der Waals surface area contributed by atoms with E-state index in [1.165, 1.54) is 33.1 Å². The Kier molecular flexibility index (Phi) is 7.39. The number of aromatic nitrogens is 2. The van der Waals surface area contributed by atoms with E-state index in [2.05, 4.69) is 4.98 Å². The summed E-state index contributed by atoms with van der Waals surface area (Å²) in [5.41, 5.74) is 0.582. The van der Waals surface area contributed by atoms with Gasteiger partial charge in [0.15, 0.2) is 12.4 Å². The van der Waals surface area contributed by atoms with Gasteiger partial charge in [-0.15, -0.1) is 0 Å². The number of nitrogens with zero attached hydrogens (tertiary/aromatic N) is 3. The van der Waals surface area contributed by atoms with Crippen molar-refractivity contribution >= 4 is 32.7 Å². The standard InChI is InChI=1S/C24H25N3O7S/c1-26-22(25-20-5-3-2-4-19(20)24(26)30)10-11-23(29)34-16-21(28)17-6-8-18(9-7-17)35(31,32)27-12-14-33-15-13-27/h2-9H,10-16H2,1H3. The fourth-order valence-corrected chi connectivity index (χ4v) is 5.16. The number of esters is 1. The van der Waals surface area contributed by atoms with Gasteiger partial charge in [0.1, 0.15) is 5.82 Å². The van der Waals surface area contributed by atoms with Gasteiger partial charge in [0.2, 0.25) is 10.0 Å². The molecule has 0 radical (unpaired) electrons. The highest BCUT2D eigenvalue weighted by molar-refractivity contribution is 7.89. The SMILES string of the molecule is Cn1c(CCC(=O)OCC(=O)c2ccc(S(=O)(=O)N3CCOCC3)cc2)nc2ccccc2c1=O. The maximum absolute atomic E-state index is 12.7. The normalized spacial score (nSPS) is 14.7. The number of hydrogen-bond acceptors (Lipinski definition) is 8. The van der Waals surface area contributed by atoms with Gasteiger partial charge in [0.05, 0.1) is 35.4 Å². The fraction of sp³-hybridized carbons (Fsp3) is 0.333. The van der Waals surface area contributed by atoms with E-state index in [1.54, 1.807) is 31.3 Å². The summed E-state index contributed by atoms with van der Waals surface area (Å²) in [5.74, 6) is -0.619. The molecule has 0 spiro atoms. The predicted molar refractivity (Wildman–Crippen MR) is 127 cm³/mol. The van der Waals surface area contributed by atoms with Crippen molar-refractivity contribution < 1.29 is 27.5 Å². The Balaban J connectivity index is 1.32. The number of carbonyl (C=O) groups is 2. The summed E-state index contributed by atoms with van der Waals surface area (Å²) in [5, 5.41) is 0.496. The molecule has 0 saturated carbocycles. The summed E-state index contributed by atoms with van der Waals surface area (Å²) in [4.78, 5) is 41.6. The molecule has 2 aromatic carbocycles. The molecule has 10 nitrogen and oxygen atoms in total. The van der Waals surface area contributed by atoms with E-state index < -0.39 is 28.4 Å². The number of Topliss-reactive ketones (excluding diaryl/α,β-unsaturated/α-hetero) is 1. The number of ketones is 1. The maximum Gasteiger partial charge on any atom is 0.306 e. The molecule has 0 N–H and O–H groups in total. The number of aryl methyl sites for hydroxylation is 1. The first-order chi connectivity index (χ1) is 16.8. The third-order valence-corrected chi connectivity index (χ3v) is 7.69. The second kappa shape index (κ2) is 10.5. The Morgan fingerprint density at radius 1 is 1.06 bits per heavy atom. The van der Waals surface area contributed by atoms with Crippen LogP contribution in [0.2, 0.25) is 0 Å². The topological polar surface area (TPSA) is 125 Å². The maximum atomic E-state index is 12.7. The van der Waals surface area contributed by atoms with Crippen LogP contribution in [0, 0.1) is 0 Å². The summed E-state index contributed by atoms with van der Waals surface area (Å²) < 4.78 is 38.4. The van der Waals surface area contributed by atoms with Gasteiger partial charge in [0.25, 0.3) is 5.56 Å². The number of para-hydroxylation sites is 1. The molecule has 4 rings (SSSR count). The van der Waals surface area contributed by atoms with Gasteiger partial charge in [-0.3, -0.25) is 19.0 Å². The minimum absolute atomic E-state index is 0.0529. The van der Waals surface area contributed by atoms with Crippen LogP contribution >= 0.6 is 0 Å². The van der Waals surface area contributed by atoms with Gasteiger partial charge in [-0.2, -0.15) is 4.31 Å². The molecule has 0 atom stereocenters. The number of benzene rings is 2. The van der Waals surface area contributed by atoms with Gasteiger partial charge in [-0.1, -0.05) is 12.1 Å². The number of carbonyl (C=O) groups excluding carboxylic acids is 2. The van der Waals surface area contributed by atoms with E-state index in [4.69, 9.17) is 9.47 Å². The largest absolute Gasteiger partial charge is 0.457 e. The molecule has 184 valence electrons. The molecule has 11 heteroatoms. The number of hydrogen-bond donors (Lipinski definition) is 0. The predicted octanol–water partition coefficient (Wildman–Crippen LogP) is 1.31. The van der Waals surface area contributed by atoms with Gasteiger partial charge in [-0.25, -0.2) is 13.4 Å². The molecule has 3 aromatic rings. The summed E-state index contributed by atoms with van der Waals surface area (Å²) in [6.07, 6.45) is 0.125. The van der Waals surface area contributed by atoms with E-state index in [0.29, 0.717) is 29.9 Å². The second-order valence-electron chi connectivity index (χ2n) is 8.03. The van der Waals surface area contributed by atoms with Crippen LogP contribution in [0.5, 0.6) is 0 Å². The molecule has 1 fully saturated rings. The van der Waals surface area contributed by atoms with Gasteiger partial charge < -0.3 is 9.47 Å². The Bertz CT molecular complexity index is 1410. The molecule has 1 aromatic heterocycles. The molecule has 1 aliphatic heterocycles. The Hall–Kier alpha value is -3.41. The Morgan fingerprint density at radius 3 is 2.46 bits per heavy atom. The molecule has 2 heterocycles. The lowest BCUT2D eigenvalue weighted by atomic mass is 10.1. The van der Waals surface area contributed by atoms with Crippen LogP contribution in [0.4, 0.5) is 0 Å². The molecule has 0 bridgehead atoms. The Labute approximate surface area is 202 Å². The highest BCUT2D eigenvalue weighted by Gasteiger charge is 2.26. The number of rotatable bonds is 8. The zero-order valence-electron chi connectivity index (χ0n) is 19.2. The summed E-state index contributed by atoms with van der Waals surface area (Å²) in [7, 11) is -2.07. The van der Waals surface area contributed by atoms with Crippen molar-refractivity contribution in [3.8, 4) is 0 Å². The smallest absolute Gasteiger partial charge is 0.306 e. The average molecular weight is 500 g/mol. The quantitative estimate of drug-likeness (QED) is 0.336. The highest BCUT2D eigenvalue weighted by atomic mass is 32.2. The molecule has 0 amide bonds. The van der Waals surface area contributed by atoms with Gasteiger partial charge >= 0.3 is 5.97 Å². The van der Waals surface area contributed by atoms with E-state index in [-0.39, 0.29) is 41.9 Å². The third-order valence-electron chi connectivity index (χ3n) is 5.78. The first kappa shape index (κ1) is 24.7. The molecular formula is C24H25N3O7S. The van der Waals surface area contributed by atoms with Crippen molar-refractivity contribution in [3.05, 3.63) is 70.3 Å². The van der Waals surface area contributed by atoms with Crippen LogP contribution in [0.25, 0.3) is 10.9 Å². The lowest BCUT2D eigenvalue weighted by Crippen LogP contribution is -2.40. The van der Waals surface area contributed by atoms with E-state index in [0.717, 1.165) is 0 Å². The van der Waals surface area contributed by atoms with Gasteiger partial charge in [-0.05, 0) is 36.4 Å². The second-order valence-corrected chi connectivity index (χ2v) is 9.97. The first-order valence-corrected chi connectivity index (χ1v) is 12.5. The Morgan fingerprint density at radius 2 is 1.74 bits per heavy atom. The summed E-state index contributed by atoms with van der Waals surface area (Å²) >= 11 is 0.